The molecule has 1 amide bonds. The molecule has 0 aliphatic rings. The van der Waals surface area contributed by atoms with E-state index < -0.39 is 5.91 Å². The lowest BCUT2D eigenvalue weighted by Gasteiger charge is -2.04. The van der Waals surface area contributed by atoms with Crippen molar-refractivity contribution in [1.29, 1.82) is 0 Å². The van der Waals surface area contributed by atoms with Gasteiger partial charge in [-0.15, -0.1) is 5.10 Å². The third-order valence-electron chi connectivity index (χ3n) is 3.44. The average Bonchev–Trinajstić information content (AvgIpc) is 2.97. The summed E-state index contributed by atoms with van der Waals surface area (Å²) in [6.07, 6.45) is 0. The molecule has 122 valence electrons. The van der Waals surface area contributed by atoms with Gasteiger partial charge in [0.2, 0.25) is 5.89 Å². The first-order chi connectivity index (χ1) is 11.4. The van der Waals surface area contributed by atoms with E-state index in [1.165, 1.54) is 12.1 Å². The number of amides is 1. The van der Waals surface area contributed by atoms with E-state index in [-0.39, 0.29) is 16.6 Å². The maximum atomic E-state index is 12.2. The van der Waals surface area contributed by atoms with Crippen LogP contribution >= 0.6 is 23.2 Å². The number of nitrogens with zero attached hydrogens (tertiary/aromatic N) is 2. The van der Waals surface area contributed by atoms with Crippen LogP contribution in [0.3, 0.4) is 0 Å². The summed E-state index contributed by atoms with van der Waals surface area (Å²) in [5.74, 6) is -0.110. The van der Waals surface area contributed by atoms with E-state index in [1.54, 1.807) is 6.07 Å². The SMILES string of the molecule is Cc1ccc(C)c(-c2nnc(NC(=O)c3ccc(Cl)cc3Cl)o2)c1. The van der Waals surface area contributed by atoms with Gasteiger partial charge in [0.25, 0.3) is 5.91 Å². The molecule has 0 aliphatic carbocycles. The standard InChI is InChI=1S/C17H13Cl2N3O2/c1-9-3-4-10(2)13(7-9)16-21-22-17(24-16)20-15(23)12-6-5-11(18)8-14(12)19/h3-8H,1-2H3,(H,20,22,23). The zero-order valence-electron chi connectivity index (χ0n) is 12.9. The number of hydrogen-bond acceptors (Lipinski definition) is 4. The number of aryl methyl sites for hydroxylation is 2. The molecule has 2 aromatic carbocycles. The Morgan fingerprint density at radius 1 is 1.08 bits per heavy atom. The summed E-state index contributed by atoms with van der Waals surface area (Å²) in [4.78, 5) is 12.2. The van der Waals surface area contributed by atoms with Crippen LogP contribution in [0.5, 0.6) is 0 Å². The van der Waals surface area contributed by atoms with Crippen LogP contribution in [0.2, 0.25) is 10.0 Å². The number of carbonyl (C=O) groups is 1. The zero-order valence-corrected chi connectivity index (χ0v) is 14.4. The van der Waals surface area contributed by atoms with Crippen LogP contribution < -0.4 is 5.32 Å². The van der Waals surface area contributed by atoms with Gasteiger partial charge in [0.05, 0.1) is 10.6 Å². The first-order valence-electron chi connectivity index (χ1n) is 7.11. The Bertz CT molecular complexity index is 922. The van der Waals surface area contributed by atoms with Crippen molar-refractivity contribution >= 4 is 35.1 Å². The fourth-order valence-corrected chi connectivity index (χ4v) is 2.68. The lowest BCUT2D eigenvalue weighted by atomic mass is 10.1. The van der Waals surface area contributed by atoms with Gasteiger partial charge >= 0.3 is 6.01 Å². The van der Waals surface area contributed by atoms with E-state index in [1.807, 2.05) is 32.0 Å². The Morgan fingerprint density at radius 3 is 2.62 bits per heavy atom. The summed E-state index contributed by atoms with van der Waals surface area (Å²) in [6, 6.07) is 10.5. The van der Waals surface area contributed by atoms with Crippen molar-refractivity contribution in [2.24, 2.45) is 0 Å². The molecule has 0 radical (unpaired) electrons. The first-order valence-corrected chi connectivity index (χ1v) is 7.87. The average molecular weight is 362 g/mol. The van der Waals surface area contributed by atoms with E-state index in [0.29, 0.717) is 10.9 Å². The smallest absolute Gasteiger partial charge is 0.322 e. The minimum absolute atomic E-state index is 0.00178. The number of aromatic nitrogens is 2. The third kappa shape index (κ3) is 3.42. The summed E-state index contributed by atoms with van der Waals surface area (Å²) < 4.78 is 5.54. The van der Waals surface area contributed by atoms with Crippen LogP contribution in [0.4, 0.5) is 6.01 Å². The third-order valence-corrected chi connectivity index (χ3v) is 3.99. The number of halogens is 2. The van der Waals surface area contributed by atoms with Crippen molar-refractivity contribution in [1.82, 2.24) is 10.2 Å². The molecule has 1 aromatic heterocycles. The highest BCUT2D eigenvalue weighted by molar-refractivity contribution is 6.37. The predicted octanol–water partition coefficient (Wildman–Crippen LogP) is 4.91. The molecule has 1 heterocycles. The number of nitrogens with one attached hydrogen (secondary N) is 1. The Hall–Kier alpha value is -2.37. The van der Waals surface area contributed by atoms with Gasteiger partial charge in [-0.3, -0.25) is 10.1 Å². The number of anilines is 1. The Balaban J connectivity index is 1.83. The molecule has 0 spiro atoms. The van der Waals surface area contributed by atoms with Crippen LogP contribution in [0, 0.1) is 13.8 Å². The Kier molecular flexibility index (Phi) is 4.55. The van der Waals surface area contributed by atoms with E-state index in [4.69, 9.17) is 27.6 Å². The maximum absolute atomic E-state index is 12.2. The van der Waals surface area contributed by atoms with Gasteiger partial charge in [-0.1, -0.05) is 46.0 Å². The molecule has 5 nitrogen and oxygen atoms in total. The van der Waals surface area contributed by atoms with Crippen molar-refractivity contribution in [2.45, 2.75) is 13.8 Å². The van der Waals surface area contributed by atoms with Crippen molar-refractivity contribution in [3.8, 4) is 11.5 Å². The van der Waals surface area contributed by atoms with Crippen molar-refractivity contribution in [3.63, 3.8) is 0 Å². The molecular formula is C17H13Cl2N3O2. The molecule has 3 aromatic rings. The summed E-state index contributed by atoms with van der Waals surface area (Å²) in [6.45, 7) is 3.93. The molecular weight excluding hydrogens is 349 g/mol. The van der Waals surface area contributed by atoms with Crippen molar-refractivity contribution in [3.05, 3.63) is 63.1 Å². The van der Waals surface area contributed by atoms with Gasteiger partial charge in [-0.2, -0.15) is 0 Å². The predicted molar refractivity (Wildman–Crippen MR) is 93.6 cm³/mol. The van der Waals surface area contributed by atoms with Gasteiger partial charge in [0.1, 0.15) is 0 Å². The normalized spacial score (nSPS) is 10.7. The fraction of sp³-hybridized carbons (Fsp3) is 0.118. The molecule has 24 heavy (non-hydrogen) atoms. The van der Waals surface area contributed by atoms with Crippen LogP contribution in [0.25, 0.3) is 11.5 Å². The van der Waals surface area contributed by atoms with E-state index in [2.05, 4.69) is 15.5 Å². The number of benzene rings is 2. The van der Waals surface area contributed by atoms with Crippen molar-refractivity contribution in [2.75, 3.05) is 5.32 Å². The molecule has 0 saturated heterocycles. The molecule has 0 saturated carbocycles. The monoisotopic (exact) mass is 361 g/mol. The van der Waals surface area contributed by atoms with Gasteiger partial charge in [0, 0.05) is 10.6 Å². The highest BCUT2D eigenvalue weighted by Gasteiger charge is 2.16. The topological polar surface area (TPSA) is 68.0 Å². The van der Waals surface area contributed by atoms with Gasteiger partial charge < -0.3 is 4.42 Å². The molecule has 0 unspecified atom stereocenters. The molecule has 3 rings (SSSR count). The second kappa shape index (κ2) is 6.63. The first kappa shape index (κ1) is 16.5. The molecule has 7 heteroatoms. The molecule has 0 fully saturated rings. The van der Waals surface area contributed by atoms with Crippen LogP contribution in [-0.4, -0.2) is 16.1 Å². The lowest BCUT2D eigenvalue weighted by Crippen LogP contribution is -2.12. The largest absolute Gasteiger partial charge is 0.403 e. The zero-order chi connectivity index (χ0) is 17.3. The number of carbonyl (C=O) groups excluding carboxylic acids is 1. The minimum Gasteiger partial charge on any atom is -0.403 e. The van der Waals surface area contributed by atoms with Crippen LogP contribution in [-0.2, 0) is 0 Å². The summed E-state index contributed by atoms with van der Waals surface area (Å²) in [5.41, 5.74) is 3.18. The van der Waals surface area contributed by atoms with E-state index in [9.17, 15) is 4.79 Å². The minimum atomic E-state index is -0.451. The lowest BCUT2D eigenvalue weighted by molar-refractivity contribution is 0.102. The summed E-state index contributed by atoms with van der Waals surface area (Å²) in [7, 11) is 0. The van der Waals surface area contributed by atoms with Gasteiger partial charge in [0.15, 0.2) is 0 Å². The van der Waals surface area contributed by atoms with Gasteiger partial charge in [-0.25, -0.2) is 0 Å². The number of hydrogen-bond donors (Lipinski definition) is 1. The summed E-state index contributed by atoms with van der Waals surface area (Å²) in [5, 5.41) is 11.1. The molecule has 0 bridgehead atoms. The quantitative estimate of drug-likeness (QED) is 0.719. The molecule has 0 atom stereocenters. The second-order valence-electron chi connectivity index (χ2n) is 5.31. The Morgan fingerprint density at radius 2 is 1.88 bits per heavy atom. The Labute approximate surface area is 148 Å². The number of rotatable bonds is 3. The fourth-order valence-electron chi connectivity index (χ4n) is 2.19. The highest BCUT2D eigenvalue weighted by atomic mass is 35.5. The van der Waals surface area contributed by atoms with Crippen LogP contribution in [0.1, 0.15) is 21.5 Å². The van der Waals surface area contributed by atoms with Crippen molar-refractivity contribution < 1.29 is 9.21 Å². The molecule has 0 aliphatic heterocycles. The second-order valence-corrected chi connectivity index (χ2v) is 6.15. The molecule has 1 N–H and O–H groups in total. The van der Waals surface area contributed by atoms with E-state index in [0.717, 1.165) is 16.7 Å². The maximum Gasteiger partial charge on any atom is 0.322 e. The van der Waals surface area contributed by atoms with Gasteiger partial charge in [-0.05, 0) is 43.7 Å². The van der Waals surface area contributed by atoms with Crippen LogP contribution in [0.15, 0.2) is 40.8 Å². The van der Waals surface area contributed by atoms with E-state index >= 15 is 0 Å². The highest BCUT2D eigenvalue weighted by Crippen LogP contribution is 2.26. The summed E-state index contributed by atoms with van der Waals surface area (Å²) >= 11 is 11.8.